The third kappa shape index (κ3) is 5.35. The van der Waals surface area contributed by atoms with Gasteiger partial charge in [0.25, 0.3) is 0 Å². The molecule has 0 aromatic heterocycles. The average Bonchev–Trinajstić information content (AvgIpc) is 1.87. The van der Waals surface area contributed by atoms with E-state index in [0.29, 0.717) is 6.04 Å². The summed E-state index contributed by atoms with van der Waals surface area (Å²) in [5.41, 5.74) is 1.13. The third-order valence-corrected chi connectivity index (χ3v) is 1.10. The first-order chi connectivity index (χ1) is 4.66. The van der Waals surface area contributed by atoms with Crippen LogP contribution < -0.4 is 5.32 Å². The van der Waals surface area contributed by atoms with Crippen molar-refractivity contribution in [3.8, 4) is 0 Å². The zero-order valence-corrected chi connectivity index (χ0v) is 7.18. The molecular weight excluding hydrogens is 124 g/mol. The largest absolute Gasteiger partial charge is 0.392 e. The van der Waals surface area contributed by atoms with E-state index in [1.54, 1.807) is 0 Å². The van der Waals surface area contributed by atoms with Gasteiger partial charge in [-0.2, -0.15) is 0 Å². The first-order valence-electron chi connectivity index (χ1n) is 3.54. The highest BCUT2D eigenvalue weighted by molar-refractivity contribution is 5.71. The van der Waals surface area contributed by atoms with E-state index in [2.05, 4.69) is 24.2 Å². The second-order valence-corrected chi connectivity index (χ2v) is 2.49. The molecule has 0 bridgehead atoms. The minimum absolute atomic E-state index is 0.390. The maximum atomic E-state index is 4.17. The maximum absolute atomic E-state index is 4.17. The zero-order valence-electron chi connectivity index (χ0n) is 7.18. The third-order valence-electron chi connectivity index (χ3n) is 1.10. The van der Waals surface area contributed by atoms with Crippen LogP contribution in [-0.4, -0.2) is 19.3 Å². The van der Waals surface area contributed by atoms with Gasteiger partial charge in [-0.05, 0) is 26.8 Å². The second kappa shape index (κ2) is 5.03. The standard InChI is InChI=1S/C8H16N2/c1-7(2)10-6-5-8(3)9-4/h5-7,9H,1-4H3. The van der Waals surface area contributed by atoms with E-state index in [-0.39, 0.29) is 0 Å². The van der Waals surface area contributed by atoms with Crippen LogP contribution in [-0.2, 0) is 0 Å². The van der Waals surface area contributed by atoms with E-state index in [4.69, 9.17) is 0 Å². The van der Waals surface area contributed by atoms with Gasteiger partial charge in [0.1, 0.15) is 0 Å². The van der Waals surface area contributed by atoms with Crippen molar-refractivity contribution in [3.63, 3.8) is 0 Å². The van der Waals surface area contributed by atoms with E-state index in [1.807, 2.05) is 26.3 Å². The second-order valence-electron chi connectivity index (χ2n) is 2.49. The normalized spacial score (nSPS) is 13.1. The Morgan fingerprint density at radius 1 is 1.50 bits per heavy atom. The molecule has 0 fully saturated rings. The van der Waals surface area contributed by atoms with E-state index in [0.717, 1.165) is 5.70 Å². The monoisotopic (exact) mass is 140 g/mol. The molecule has 58 valence electrons. The van der Waals surface area contributed by atoms with Crippen LogP contribution >= 0.6 is 0 Å². The molecule has 2 heteroatoms. The van der Waals surface area contributed by atoms with E-state index >= 15 is 0 Å². The van der Waals surface area contributed by atoms with Crippen molar-refractivity contribution in [2.24, 2.45) is 4.99 Å². The first-order valence-corrected chi connectivity index (χ1v) is 3.54. The molecule has 0 atom stereocenters. The number of hydrogen-bond acceptors (Lipinski definition) is 2. The Hall–Kier alpha value is -0.790. The lowest BCUT2D eigenvalue weighted by Crippen LogP contribution is -2.01. The molecular formula is C8H16N2. The highest BCUT2D eigenvalue weighted by Gasteiger charge is 1.81. The van der Waals surface area contributed by atoms with Crippen LogP contribution in [0, 0.1) is 0 Å². The Labute approximate surface area is 63.0 Å². The fraction of sp³-hybridized carbons (Fsp3) is 0.625. The minimum Gasteiger partial charge on any atom is -0.392 e. The summed E-state index contributed by atoms with van der Waals surface area (Å²) in [5, 5.41) is 3.01. The van der Waals surface area contributed by atoms with Crippen LogP contribution in [0.5, 0.6) is 0 Å². The fourth-order valence-electron chi connectivity index (χ4n) is 0.410. The summed E-state index contributed by atoms with van der Waals surface area (Å²) in [5.74, 6) is 0. The molecule has 0 radical (unpaired) electrons. The van der Waals surface area contributed by atoms with Crippen LogP contribution in [0.1, 0.15) is 20.8 Å². The number of aliphatic imine (C=N–C) groups is 1. The van der Waals surface area contributed by atoms with Gasteiger partial charge in [0, 0.05) is 25.0 Å². The van der Waals surface area contributed by atoms with Gasteiger partial charge in [-0.25, -0.2) is 0 Å². The molecule has 0 heterocycles. The van der Waals surface area contributed by atoms with Crippen LogP contribution in [0.15, 0.2) is 16.8 Å². The Morgan fingerprint density at radius 3 is 2.50 bits per heavy atom. The van der Waals surface area contributed by atoms with Crippen molar-refractivity contribution in [3.05, 3.63) is 11.8 Å². The number of nitrogens with one attached hydrogen (secondary N) is 1. The number of rotatable bonds is 3. The molecule has 0 amide bonds. The molecule has 0 saturated carbocycles. The molecule has 0 unspecified atom stereocenters. The number of nitrogens with zero attached hydrogens (tertiary/aromatic N) is 1. The fourth-order valence-corrected chi connectivity index (χ4v) is 0.410. The molecule has 0 aromatic carbocycles. The van der Waals surface area contributed by atoms with E-state index < -0.39 is 0 Å². The Morgan fingerprint density at radius 2 is 2.10 bits per heavy atom. The van der Waals surface area contributed by atoms with Crippen molar-refractivity contribution in [2.45, 2.75) is 26.8 Å². The smallest absolute Gasteiger partial charge is 0.0443 e. The lowest BCUT2D eigenvalue weighted by Gasteiger charge is -1.95. The maximum Gasteiger partial charge on any atom is 0.0443 e. The molecule has 2 nitrogen and oxygen atoms in total. The average molecular weight is 140 g/mol. The first kappa shape index (κ1) is 9.21. The van der Waals surface area contributed by atoms with Gasteiger partial charge in [0.15, 0.2) is 0 Å². The molecule has 0 saturated heterocycles. The Balaban J connectivity index is 3.70. The minimum atomic E-state index is 0.390. The van der Waals surface area contributed by atoms with Crippen molar-refractivity contribution in [2.75, 3.05) is 7.05 Å². The highest BCUT2D eigenvalue weighted by atomic mass is 14.8. The predicted molar refractivity (Wildman–Crippen MR) is 46.4 cm³/mol. The quantitative estimate of drug-likeness (QED) is 0.591. The predicted octanol–water partition coefficient (Wildman–Crippen LogP) is 1.59. The molecule has 10 heavy (non-hydrogen) atoms. The van der Waals surface area contributed by atoms with Crippen LogP contribution in [0.3, 0.4) is 0 Å². The lowest BCUT2D eigenvalue weighted by molar-refractivity contribution is 0.841. The zero-order chi connectivity index (χ0) is 7.98. The van der Waals surface area contributed by atoms with E-state index in [9.17, 15) is 0 Å². The van der Waals surface area contributed by atoms with Gasteiger partial charge in [-0.3, -0.25) is 4.99 Å². The Bertz CT molecular complexity index is 134. The Kier molecular flexibility index (Phi) is 4.63. The van der Waals surface area contributed by atoms with Gasteiger partial charge in [0.2, 0.25) is 0 Å². The number of hydrogen-bond donors (Lipinski definition) is 1. The van der Waals surface area contributed by atoms with Crippen molar-refractivity contribution < 1.29 is 0 Å². The molecule has 0 spiro atoms. The van der Waals surface area contributed by atoms with E-state index in [1.165, 1.54) is 0 Å². The van der Waals surface area contributed by atoms with Gasteiger partial charge < -0.3 is 5.32 Å². The van der Waals surface area contributed by atoms with Gasteiger partial charge in [-0.15, -0.1) is 0 Å². The summed E-state index contributed by atoms with van der Waals surface area (Å²) >= 11 is 0. The summed E-state index contributed by atoms with van der Waals surface area (Å²) < 4.78 is 0. The van der Waals surface area contributed by atoms with Gasteiger partial charge in [0.05, 0.1) is 0 Å². The molecule has 0 aliphatic heterocycles. The SMILES string of the molecule is CNC(C)=CC=NC(C)C. The molecule has 0 aliphatic carbocycles. The molecule has 1 N–H and O–H groups in total. The van der Waals surface area contributed by atoms with Gasteiger partial charge >= 0.3 is 0 Å². The molecule has 0 rings (SSSR count). The van der Waals surface area contributed by atoms with Crippen molar-refractivity contribution >= 4 is 6.21 Å². The van der Waals surface area contributed by atoms with Crippen molar-refractivity contribution in [1.82, 2.24) is 5.32 Å². The summed E-state index contributed by atoms with van der Waals surface area (Å²) in [4.78, 5) is 4.17. The van der Waals surface area contributed by atoms with Crippen LogP contribution in [0.25, 0.3) is 0 Å². The topological polar surface area (TPSA) is 24.4 Å². The van der Waals surface area contributed by atoms with Crippen LogP contribution in [0.2, 0.25) is 0 Å². The van der Waals surface area contributed by atoms with Crippen LogP contribution in [0.4, 0.5) is 0 Å². The number of allylic oxidation sites excluding steroid dienone is 2. The summed E-state index contributed by atoms with van der Waals surface area (Å²) in [6.45, 7) is 6.12. The summed E-state index contributed by atoms with van der Waals surface area (Å²) in [6.07, 6.45) is 3.79. The van der Waals surface area contributed by atoms with Gasteiger partial charge in [-0.1, -0.05) is 0 Å². The summed E-state index contributed by atoms with van der Waals surface area (Å²) in [6, 6.07) is 0.390. The summed E-state index contributed by atoms with van der Waals surface area (Å²) in [7, 11) is 1.90. The molecule has 0 aromatic rings. The molecule has 0 aliphatic rings. The van der Waals surface area contributed by atoms with Crippen molar-refractivity contribution in [1.29, 1.82) is 0 Å². The highest BCUT2D eigenvalue weighted by Crippen LogP contribution is 1.85. The lowest BCUT2D eigenvalue weighted by atomic mass is 10.4.